The van der Waals surface area contributed by atoms with Crippen LogP contribution >= 0.6 is 11.3 Å². The molecule has 0 fully saturated rings. The molecule has 3 aromatic rings. The minimum absolute atomic E-state index is 0.367. The highest BCUT2D eigenvalue weighted by atomic mass is 32.1. The summed E-state index contributed by atoms with van der Waals surface area (Å²) in [5, 5.41) is 10.1. The number of aromatic nitrogens is 3. The van der Waals surface area contributed by atoms with Crippen molar-refractivity contribution in [2.45, 2.75) is 13.8 Å². The van der Waals surface area contributed by atoms with Gasteiger partial charge in [0.25, 0.3) is 0 Å². The van der Waals surface area contributed by atoms with Crippen molar-refractivity contribution in [3.05, 3.63) is 52.5 Å². The fourth-order valence-corrected chi connectivity index (χ4v) is 3.03. The Kier molecular flexibility index (Phi) is 3.20. The maximum atomic E-state index is 11.2. The molecule has 100 valence electrons. The van der Waals surface area contributed by atoms with Gasteiger partial charge in [-0.2, -0.15) is 0 Å². The summed E-state index contributed by atoms with van der Waals surface area (Å²) in [6.45, 7) is 4.08. The van der Waals surface area contributed by atoms with Gasteiger partial charge in [-0.15, -0.1) is 16.4 Å². The third-order valence-electron chi connectivity index (χ3n) is 3.01. The summed E-state index contributed by atoms with van der Waals surface area (Å²) in [7, 11) is 0. The zero-order chi connectivity index (χ0) is 14.1. The number of nitrogens with zero attached hydrogens (tertiary/aromatic N) is 3. The smallest absolute Gasteiger partial charge is 0.172 e. The lowest BCUT2D eigenvalue weighted by atomic mass is 10.1. The topological polar surface area (TPSA) is 47.8 Å². The Morgan fingerprint density at radius 3 is 2.55 bits per heavy atom. The molecule has 0 saturated carbocycles. The van der Waals surface area contributed by atoms with Crippen LogP contribution in [0, 0.1) is 13.8 Å². The van der Waals surface area contributed by atoms with E-state index in [1.165, 1.54) is 0 Å². The Labute approximate surface area is 120 Å². The molecule has 0 N–H and O–H groups in total. The first-order chi connectivity index (χ1) is 9.69. The number of carbonyl (C=O) groups is 1. The van der Waals surface area contributed by atoms with E-state index in [4.69, 9.17) is 0 Å². The monoisotopic (exact) mass is 283 g/mol. The Balaban J connectivity index is 2.24. The van der Waals surface area contributed by atoms with Crippen molar-refractivity contribution in [3.63, 3.8) is 0 Å². The predicted octanol–water partition coefficient (Wildman–Crippen LogP) is 3.43. The number of rotatable bonds is 3. The van der Waals surface area contributed by atoms with Crippen LogP contribution in [0.25, 0.3) is 16.3 Å². The van der Waals surface area contributed by atoms with Gasteiger partial charge in [-0.25, -0.2) is 4.68 Å². The molecule has 0 amide bonds. The Morgan fingerprint density at radius 1 is 1.20 bits per heavy atom. The summed E-state index contributed by atoms with van der Waals surface area (Å²) in [5.41, 5.74) is 4.35. The lowest BCUT2D eigenvalue weighted by Crippen LogP contribution is -2.00. The largest absolute Gasteiger partial charge is 0.296 e. The second-order valence-electron chi connectivity index (χ2n) is 4.68. The first-order valence-corrected chi connectivity index (χ1v) is 7.10. The molecule has 0 aliphatic rings. The molecule has 0 atom stereocenters. The van der Waals surface area contributed by atoms with Gasteiger partial charge in [-0.3, -0.25) is 4.79 Å². The van der Waals surface area contributed by atoms with E-state index < -0.39 is 0 Å². The first-order valence-electron chi connectivity index (χ1n) is 6.22. The van der Waals surface area contributed by atoms with E-state index in [-0.39, 0.29) is 0 Å². The molecule has 5 heteroatoms. The molecule has 4 nitrogen and oxygen atoms in total. The molecule has 2 heterocycles. The van der Waals surface area contributed by atoms with Gasteiger partial charge in [0.2, 0.25) is 0 Å². The predicted molar refractivity (Wildman–Crippen MR) is 79.5 cm³/mol. The standard InChI is InChI=1S/C15H13N3OS/c1-10-6-11(2)8-12(7-10)18-15(13(9-19)16-17-18)14-4-3-5-20-14/h3-9H,1-2H3. The summed E-state index contributed by atoms with van der Waals surface area (Å²) in [6.07, 6.45) is 0.751. The van der Waals surface area contributed by atoms with E-state index in [1.54, 1.807) is 16.0 Å². The van der Waals surface area contributed by atoms with Crippen molar-refractivity contribution in [1.29, 1.82) is 0 Å². The molecule has 2 aromatic heterocycles. The van der Waals surface area contributed by atoms with E-state index >= 15 is 0 Å². The van der Waals surface area contributed by atoms with E-state index in [9.17, 15) is 4.79 Å². The number of hydrogen-bond acceptors (Lipinski definition) is 4. The molecular formula is C15H13N3OS. The van der Waals surface area contributed by atoms with Gasteiger partial charge in [-0.05, 0) is 48.6 Å². The summed E-state index contributed by atoms with van der Waals surface area (Å²) < 4.78 is 1.73. The van der Waals surface area contributed by atoms with Crippen LogP contribution in [0.3, 0.4) is 0 Å². The first kappa shape index (κ1) is 12.7. The van der Waals surface area contributed by atoms with Crippen LogP contribution in [0.4, 0.5) is 0 Å². The number of thiophene rings is 1. The summed E-state index contributed by atoms with van der Waals surface area (Å²) in [4.78, 5) is 12.2. The van der Waals surface area contributed by atoms with Crippen molar-refractivity contribution in [1.82, 2.24) is 15.0 Å². The molecule has 0 saturated heterocycles. The highest BCUT2D eigenvalue weighted by Gasteiger charge is 2.16. The number of carbonyl (C=O) groups excluding carboxylic acids is 1. The normalized spacial score (nSPS) is 10.7. The third-order valence-corrected chi connectivity index (χ3v) is 3.89. The maximum Gasteiger partial charge on any atom is 0.172 e. The van der Waals surface area contributed by atoms with Crippen molar-refractivity contribution in [2.24, 2.45) is 0 Å². The maximum absolute atomic E-state index is 11.2. The van der Waals surface area contributed by atoms with Gasteiger partial charge in [-0.1, -0.05) is 17.3 Å². The van der Waals surface area contributed by atoms with Crippen molar-refractivity contribution < 1.29 is 4.79 Å². The van der Waals surface area contributed by atoms with Crippen LogP contribution in [0.5, 0.6) is 0 Å². The zero-order valence-electron chi connectivity index (χ0n) is 11.2. The van der Waals surface area contributed by atoms with Crippen LogP contribution in [-0.4, -0.2) is 21.3 Å². The van der Waals surface area contributed by atoms with Crippen LogP contribution in [-0.2, 0) is 0 Å². The minimum Gasteiger partial charge on any atom is -0.296 e. The summed E-state index contributed by atoms with van der Waals surface area (Å²) >= 11 is 1.57. The number of hydrogen-bond donors (Lipinski definition) is 0. The van der Waals surface area contributed by atoms with E-state index in [0.29, 0.717) is 5.69 Å². The molecule has 0 aliphatic carbocycles. The third kappa shape index (κ3) is 2.16. The molecule has 0 spiro atoms. The second-order valence-corrected chi connectivity index (χ2v) is 5.62. The number of aldehydes is 1. The average molecular weight is 283 g/mol. The van der Waals surface area contributed by atoms with Gasteiger partial charge >= 0.3 is 0 Å². The van der Waals surface area contributed by atoms with Crippen LogP contribution in [0.1, 0.15) is 21.6 Å². The van der Waals surface area contributed by atoms with Crippen molar-refractivity contribution in [3.8, 4) is 16.3 Å². The summed E-state index contributed by atoms with van der Waals surface area (Å²) in [5.74, 6) is 0. The van der Waals surface area contributed by atoms with E-state index in [0.717, 1.165) is 33.7 Å². The van der Waals surface area contributed by atoms with Crippen LogP contribution < -0.4 is 0 Å². The summed E-state index contributed by atoms with van der Waals surface area (Å²) in [6, 6.07) is 10.1. The molecule has 1 aromatic carbocycles. The van der Waals surface area contributed by atoms with Crippen molar-refractivity contribution in [2.75, 3.05) is 0 Å². The zero-order valence-corrected chi connectivity index (χ0v) is 12.0. The van der Waals surface area contributed by atoms with Gasteiger partial charge < -0.3 is 0 Å². The van der Waals surface area contributed by atoms with E-state index in [1.807, 2.05) is 43.5 Å². The SMILES string of the molecule is Cc1cc(C)cc(-n2nnc(C=O)c2-c2cccs2)c1. The van der Waals surface area contributed by atoms with Gasteiger partial charge in [0.15, 0.2) is 12.0 Å². The molecular weight excluding hydrogens is 270 g/mol. The highest BCUT2D eigenvalue weighted by molar-refractivity contribution is 7.13. The highest BCUT2D eigenvalue weighted by Crippen LogP contribution is 2.28. The minimum atomic E-state index is 0.367. The second kappa shape index (κ2) is 5.02. The van der Waals surface area contributed by atoms with Gasteiger partial charge in [0, 0.05) is 0 Å². The molecule has 3 rings (SSSR count). The lowest BCUT2D eigenvalue weighted by molar-refractivity contribution is 0.111. The quantitative estimate of drug-likeness (QED) is 0.692. The Morgan fingerprint density at radius 2 is 1.95 bits per heavy atom. The Hall–Kier alpha value is -2.27. The number of aryl methyl sites for hydroxylation is 2. The fraction of sp³-hybridized carbons (Fsp3) is 0.133. The molecule has 0 unspecified atom stereocenters. The number of benzene rings is 1. The molecule has 0 radical (unpaired) electrons. The van der Waals surface area contributed by atoms with Crippen molar-refractivity contribution >= 4 is 17.6 Å². The fourth-order valence-electron chi connectivity index (χ4n) is 2.27. The molecule has 0 bridgehead atoms. The van der Waals surface area contributed by atoms with Gasteiger partial charge in [0.1, 0.15) is 5.69 Å². The molecule has 0 aliphatic heterocycles. The Bertz CT molecular complexity index is 739. The van der Waals surface area contributed by atoms with E-state index in [2.05, 4.69) is 16.4 Å². The lowest BCUT2D eigenvalue weighted by Gasteiger charge is -2.07. The van der Waals surface area contributed by atoms with Gasteiger partial charge in [0.05, 0.1) is 10.6 Å². The van der Waals surface area contributed by atoms with Crippen LogP contribution in [0.15, 0.2) is 35.7 Å². The average Bonchev–Trinajstić information content (AvgIpc) is 3.06. The molecule has 20 heavy (non-hydrogen) atoms. The van der Waals surface area contributed by atoms with Crippen LogP contribution in [0.2, 0.25) is 0 Å².